The lowest BCUT2D eigenvalue weighted by Crippen LogP contribution is -1.96. The number of imidazole rings is 3. The van der Waals surface area contributed by atoms with E-state index in [9.17, 15) is 0 Å². The Bertz CT molecular complexity index is 8010. The van der Waals surface area contributed by atoms with Crippen molar-refractivity contribution in [3.63, 3.8) is 0 Å². The van der Waals surface area contributed by atoms with E-state index in [2.05, 4.69) is 339 Å². The fraction of sp³-hybridized carbons (Fsp3) is 0. The molecular weight excluding hydrogens is 1380 g/mol. The summed E-state index contributed by atoms with van der Waals surface area (Å²) in [6, 6.07) is 119. The first-order chi connectivity index (χ1) is 55.5. The molecule has 10 aromatic heterocycles. The summed E-state index contributed by atoms with van der Waals surface area (Å²) < 4.78 is 32.6. The molecule has 112 heavy (non-hydrogen) atoms. The molecule has 0 aliphatic rings. The van der Waals surface area contributed by atoms with Crippen molar-refractivity contribution in [2.45, 2.75) is 0 Å². The number of oxazole rings is 3. The molecule has 0 aliphatic carbocycles. The molecule has 0 bridgehead atoms. The van der Waals surface area contributed by atoms with Crippen LogP contribution in [0.15, 0.2) is 378 Å². The van der Waals surface area contributed by atoms with Gasteiger partial charge in [0.15, 0.2) is 0 Å². The molecule has 0 N–H and O–H groups in total. The van der Waals surface area contributed by atoms with Crippen molar-refractivity contribution in [3.05, 3.63) is 365 Å². The fourth-order valence-corrected chi connectivity index (χ4v) is 17.9. The minimum atomic E-state index is 0.592. The first-order valence-electron chi connectivity index (χ1n) is 37.6. The van der Waals surface area contributed by atoms with Crippen LogP contribution in [-0.4, -0.2) is 46.4 Å². The van der Waals surface area contributed by atoms with Gasteiger partial charge in [-0.15, -0.1) is 0 Å². The van der Waals surface area contributed by atoms with Gasteiger partial charge in [-0.25, -0.2) is 0 Å². The Morgan fingerprint density at radius 2 is 0.545 bits per heavy atom. The molecule has 0 amide bonds. The quantitative estimate of drug-likeness (QED) is 0.153. The van der Waals surface area contributed by atoms with Crippen molar-refractivity contribution in [2.75, 3.05) is 0 Å². The first-order valence-corrected chi connectivity index (χ1v) is 37.6. The van der Waals surface area contributed by atoms with Gasteiger partial charge in [-0.2, -0.15) is 15.0 Å². The molecule has 0 saturated carbocycles. The molecule has 10 heterocycles. The summed E-state index contributed by atoms with van der Waals surface area (Å²) in [6.07, 6.45) is 9.17. The van der Waals surface area contributed by atoms with E-state index in [0.29, 0.717) is 17.5 Å². The van der Waals surface area contributed by atoms with Crippen molar-refractivity contribution in [1.82, 2.24) is 46.4 Å². The van der Waals surface area contributed by atoms with Gasteiger partial charge in [0.25, 0.3) is 0 Å². The van der Waals surface area contributed by atoms with Crippen molar-refractivity contribution >= 4 is 170 Å². The third-order valence-corrected chi connectivity index (χ3v) is 22.8. The maximum atomic E-state index is 6.34. The molecule has 0 spiro atoms. The van der Waals surface area contributed by atoms with Gasteiger partial charge in [0, 0.05) is 72.5 Å². The van der Waals surface area contributed by atoms with E-state index in [1.807, 2.05) is 50.0 Å². The van der Waals surface area contributed by atoms with Crippen LogP contribution in [0.2, 0.25) is 0 Å². The van der Waals surface area contributed by atoms with Gasteiger partial charge in [0.1, 0.15) is 12.5 Å². The van der Waals surface area contributed by atoms with Crippen molar-refractivity contribution in [3.8, 4) is 45.2 Å². The van der Waals surface area contributed by atoms with E-state index in [-0.39, 0.29) is 0 Å². The molecule has 13 heteroatoms. The van der Waals surface area contributed by atoms with Crippen LogP contribution in [0.5, 0.6) is 0 Å². The van der Waals surface area contributed by atoms with E-state index >= 15 is 0 Å². The zero-order valence-corrected chi connectivity index (χ0v) is 59.8. The molecule has 0 saturated heterocycles. The van der Waals surface area contributed by atoms with E-state index in [4.69, 9.17) is 23.2 Å². The standard InChI is InChI=1S/2C33H20N4O.C33H20N2O/c1-5-13-27-22(9-1)23-10-2-6-14-28(23)36(27)21-17-18-30-25(19-21)24-11-3-7-15-29(24)37(30)32-20-35-31-16-8-4-12-26(31)34-33(35)38-32;1-4-10-28-23(7-1)24-8-2-5-11-29(24)36(28)21-13-15-31-26(19-21)25-9-3-6-12-30(25)37(31)22-14-16-32-27(20-22)34-33-35(32)17-18-38-33;1-2-10-27-25(8-1)26-9-3-4-11-28(26)30-19-23(12-14-29(27)30)21-6-5-7-22(18-21)24-13-15-32-31(20-24)34-33-35(32)16-17-36-33/h2*1-20H;1-20H. The zero-order chi connectivity index (χ0) is 73.2. The molecule has 0 aliphatic heterocycles. The minimum absolute atomic E-state index is 0.592. The molecule has 0 unspecified atom stereocenters. The number of rotatable bonds is 6. The van der Waals surface area contributed by atoms with Crippen molar-refractivity contribution in [1.29, 1.82) is 0 Å². The van der Waals surface area contributed by atoms with E-state index < -0.39 is 0 Å². The number of aromatic nitrogens is 10. The van der Waals surface area contributed by atoms with Crippen LogP contribution >= 0.6 is 0 Å². The largest absolute Gasteiger partial charge is 0.432 e. The Hall–Kier alpha value is -15.5. The summed E-state index contributed by atoms with van der Waals surface area (Å²) in [7, 11) is 0. The number of nitrogens with zero attached hydrogens (tertiary/aromatic N) is 10. The molecular formula is C99H60N10O3. The fourth-order valence-electron chi connectivity index (χ4n) is 17.9. The lowest BCUT2D eigenvalue weighted by Gasteiger charge is -2.12. The predicted molar refractivity (Wildman–Crippen MR) is 456 cm³/mol. The third kappa shape index (κ3) is 9.28. The highest BCUT2D eigenvalue weighted by molar-refractivity contribution is 6.26. The monoisotopic (exact) mass is 1440 g/mol. The number of benzene rings is 16. The molecule has 0 radical (unpaired) electrons. The average Bonchev–Trinajstić information content (AvgIpc) is 1.56. The van der Waals surface area contributed by atoms with Gasteiger partial charge in [-0.05, 0) is 182 Å². The Kier molecular flexibility index (Phi) is 13.2. The smallest absolute Gasteiger partial charge is 0.308 e. The molecule has 26 aromatic rings. The molecule has 16 aromatic carbocycles. The maximum absolute atomic E-state index is 6.34. The van der Waals surface area contributed by atoms with Gasteiger partial charge in [0.2, 0.25) is 5.88 Å². The van der Waals surface area contributed by atoms with Gasteiger partial charge >= 0.3 is 17.5 Å². The minimum Gasteiger partial charge on any atom is -0.432 e. The Labute approximate surface area is 636 Å². The summed E-state index contributed by atoms with van der Waals surface area (Å²) >= 11 is 0. The topological polar surface area (TPSA) is 111 Å². The van der Waals surface area contributed by atoms with Gasteiger partial charge in [-0.1, -0.05) is 206 Å². The predicted octanol–water partition coefficient (Wildman–Crippen LogP) is 25.4. The van der Waals surface area contributed by atoms with Gasteiger partial charge < -0.3 is 27.0 Å². The molecule has 0 atom stereocenters. The first kappa shape index (κ1) is 61.7. The van der Waals surface area contributed by atoms with Crippen LogP contribution in [-0.2, 0) is 0 Å². The Morgan fingerprint density at radius 3 is 1.05 bits per heavy atom. The summed E-state index contributed by atoms with van der Waals surface area (Å²) in [6.45, 7) is 0. The van der Waals surface area contributed by atoms with E-state index in [1.54, 1.807) is 12.5 Å². The maximum Gasteiger partial charge on any atom is 0.308 e. The van der Waals surface area contributed by atoms with Crippen LogP contribution in [0.1, 0.15) is 0 Å². The number of hydrogen-bond donors (Lipinski definition) is 0. The molecule has 0 fully saturated rings. The summed E-state index contributed by atoms with van der Waals surface area (Å²) in [5.41, 5.74) is 23.3. The lowest BCUT2D eigenvalue weighted by molar-refractivity contribution is 0.574. The Morgan fingerprint density at radius 1 is 0.205 bits per heavy atom. The van der Waals surface area contributed by atoms with Crippen LogP contribution in [0, 0.1) is 0 Å². The average molecular weight is 1440 g/mol. The number of para-hydroxylation sites is 8. The second-order valence-corrected chi connectivity index (χ2v) is 28.8. The SMILES string of the molecule is c1cc(-c2ccc3c(c2)nc2occn23)cc(-c2ccc3c4ccccc4c4ccccc4c3c2)c1.c1ccc2c(c1)c1ccccc1n2-c1ccc2c(c1)c1ccccc1n2-c1ccc2c(c1)nc1occn12.c1ccc2c(c1)nc1oc(-n3c4ccccc4c4cc(-n5c6ccccc6c6ccccc65)ccc43)cn12. The highest BCUT2D eigenvalue weighted by Gasteiger charge is 2.23. The summed E-state index contributed by atoms with van der Waals surface area (Å²) in [4.78, 5) is 14.0. The Balaban J connectivity index is 0.0000000977. The number of fused-ring (bicyclic) bond motifs is 27. The van der Waals surface area contributed by atoms with Gasteiger partial charge in [0.05, 0.1) is 83.4 Å². The zero-order valence-electron chi connectivity index (χ0n) is 59.8. The second kappa shape index (κ2) is 24.0. The molecule has 26 rings (SSSR count). The molecule has 13 nitrogen and oxygen atoms in total. The van der Waals surface area contributed by atoms with E-state index in [0.717, 1.165) is 78.2 Å². The number of hydrogen-bond acceptors (Lipinski definition) is 6. The summed E-state index contributed by atoms with van der Waals surface area (Å²) in [5.74, 6) is 2.56. The third-order valence-electron chi connectivity index (χ3n) is 22.8. The van der Waals surface area contributed by atoms with Crippen LogP contribution < -0.4 is 0 Å². The highest BCUT2D eigenvalue weighted by atomic mass is 16.4. The van der Waals surface area contributed by atoms with Crippen LogP contribution in [0.3, 0.4) is 0 Å². The van der Waals surface area contributed by atoms with Crippen LogP contribution in [0.25, 0.3) is 215 Å². The van der Waals surface area contributed by atoms with Crippen molar-refractivity contribution < 1.29 is 13.3 Å². The highest BCUT2D eigenvalue weighted by Crippen LogP contribution is 2.43. The van der Waals surface area contributed by atoms with Gasteiger partial charge in [-0.3, -0.25) is 17.8 Å². The molecule has 524 valence electrons. The lowest BCUT2D eigenvalue weighted by atomic mass is 9.91. The van der Waals surface area contributed by atoms with Crippen molar-refractivity contribution in [2.24, 2.45) is 0 Å². The van der Waals surface area contributed by atoms with E-state index in [1.165, 1.54) is 120 Å². The summed E-state index contributed by atoms with van der Waals surface area (Å²) in [5, 5.41) is 17.6. The normalized spacial score (nSPS) is 12.1. The second-order valence-electron chi connectivity index (χ2n) is 28.8. The van der Waals surface area contributed by atoms with Crippen LogP contribution in [0.4, 0.5) is 0 Å².